The maximum atomic E-state index is 11.5. The number of benzene rings is 1. The molecule has 0 radical (unpaired) electrons. The molecule has 1 amide bonds. The molecule has 0 unspecified atom stereocenters. The van der Waals surface area contributed by atoms with Crippen molar-refractivity contribution in [3.8, 4) is 0 Å². The first-order chi connectivity index (χ1) is 8.70. The second-order valence-corrected chi connectivity index (χ2v) is 4.87. The average Bonchev–Trinajstić information content (AvgIpc) is 2.78. The van der Waals surface area contributed by atoms with E-state index in [0.29, 0.717) is 17.1 Å². The fourth-order valence-corrected chi connectivity index (χ4v) is 2.49. The molecule has 1 aromatic carbocycles. The molecular formula is C13H15N3OS. The summed E-state index contributed by atoms with van der Waals surface area (Å²) in [5.74, 6) is -0.148. The molecule has 4 N–H and O–H groups in total. The van der Waals surface area contributed by atoms with Crippen LogP contribution in [0.4, 0.5) is 10.7 Å². The van der Waals surface area contributed by atoms with Crippen molar-refractivity contribution in [3.05, 3.63) is 46.8 Å². The van der Waals surface area contributed by atoms with E-state index in [-0.39, 0.29) is 5.91 Å². The number of rotatable bonds is 4. The SMILES string of the molecule is CNC(=O)c1sc(NCc2ccccc2)cc1N. The number of nitrogen functional groups attached to an aromatic ring is 1. The van der Waals surface area contributed by atoms with E-state index in [2.05, 4.69) is 10.6 Å². The van der Waals surface area contributed by atoms with Gasteiger partial charge in [-0.2, -0.15) is 0 Å². The molecule has 0 aliphatic carbocycles. The van der Waals surface area contributed by atoms with Crippen LogP contribution >= 0.6 is 11.3 Å². The zero-order valence-electron chi connectivity index (χ0n) is 10.1. The van der Waals surface area contributed by atoms with Gasteiger partial charge in [-0.15, -0.1) is 11.3 Å². The number of hydrogen-bond acceptors (Lipinski definition) is 4. The second-order valence-electron chi connectivity index (χ2n) is 3.81. The van der Waals surface area contributed by atoms with Crippen molar-refractivity contribution < 1.29 is 4.79 Å². The molecule has 0 atom stereocenters. The van der Waals surface area contributed by atoms with Crippen LogP contribution in [0.1, 0.15) is 15.2 Å². The summed E-state index contributed by atoms with van der Waals surface area (Å²) in [6.07, 6.45) is 0. The van der Waals surface area contributed by atoms with E-state index in [9.17, 15) is 4.79 Å². The first-order valence-corrected chi connectivity index (χ1v) is 6.41. The fraction of sp³-hybridized carbons (Fsp3) is 0.154. The first kappa shape index (κ1) is 12.4. The monoisotopic (exact) mass is 261 g/mol. The Kier molecular flexibility index (Phi) is 3.84. The Balaban J connectivity index is 2.05. The van der Waals surface area contributed by atoms with Crippen LogP contribution < -0.4 is 16.4 Å². The van der Waals surface area contributed by atoms with E-state index in [1.807, 2.05) is 30.3 Å². The summed E-state index contributed by atoms with van der Waals surface area (Å²) in [7, 11) is 1.60. The lowest BCUT2D eigenvalue weighted by Crippen LogP contribution is -2.17. The van der Waals surface area contributed by atoms with Crippen LogP contribution in [0.5, 0.6) is 0 Å². The minimum atomic E-state index is -0.148. The minimum absolute atomic E-state index is 0.148. The molecule has 4 nitrogen and oxygen atoms in total. The molecule has 94 valence electrons. The van der Waals surface area contributed by atoms with Gasteiger partial charge in [0.25, 0.3) is 5.91 Å². The number of nitrogens with two attached hydrogens (primary N) is 1. The van der Waals surface area contributed by atoms with E-state index in [0.717, 1.165) is 5.00 Å². The van der Waals surface area contributed by atoms with Crippen molar-refractivity contribution in [2.75, 3.05) is 18.1 Å². The zero-order valence-corrected chi connectivity index (χ0v) is 10.9. The molecule has 2 aromatic rings. The molecule has 0 fully saturated rings. The van der Waals surface area contributed by atoms with Crippen LogP contribution in [-0.2, 0) is 6.54 Å². The van der Waals surface area contributed by atoms with Crippen molar-refractivity contribution in [1.82, 2.24) is 5.32 Å². The van der Waals surface area contributed by atoms with Crippen LogP contribution in [0.15, 0.2) is 36.4 Å². The number of thiophene rings is 1. The summed E-state index contributed by atoms with van der Waals surface area (Å²) in [6, 6.07) is 11.9. The summed E-state index contributed by atoms with van der Waals surface area (Å²) in [5, 5.41) is 6.73. The summed E-state index contributed by atoms with van der Waals surface area (Å²) in [4.78, 5) is 12.1. The number of nitrogens with one attached hydrogen (secondary N) is 2. The molecule has 0 bridgehead atoms. The van der Waals surface area contributed by atoms with Crippen LogP contribution in [0, 0.1) is 0 Å². The molecule has 0 saturated heterocycles. The highest BCUT2D eigenvalue weighted by Crippen LogP contribution is 2.29. The van der Waals surface area contributed by atoms with Crippen molar-refractivity contribution in [2.45, 2.75) is 6.54 Å². The molecule has 2 rings (SSSR count). The smallest absolute Gasteiger partial charge is 0.263 e. The van der Waals surface area contributed by atoms with Crippen LogP contribution in [0.25, 0.3) is 0 Å². The molecular weight excluding hydrogens is 246 g/mol. The lowest BCUT2D eigenvalue weighted by Gasteiger charge is -2.02. The van der Waals surface area contributed by atoms with Gasteiger partial charge in [0.2, 0.25) is 0 Å². The van der Waals surface area contributed by atoms with Gasteiger partial charge in [0.05, 0.1) is 10.7 Å². The quantitative estimate of drug-likeness (QED) is 0.791. The van der Waals surface area contributed by atoms with Gasteiger partial charge in [0, 0.05) is 13.6 Å². The normalized spacial score (nSPS) is 10.1. The van der Waals surface area contributed by atoms with Crippen LogP contribution in [0.2, 0.25) is 0 Å². The van der Waals surface area contributed by atoms with Gasteiger partial charge in [0.1, 0.15) is 4.88 Å². The molecule has 0 spiro atoms. The Bertz CT molecular complexity index is 536. The maximum absolute atomic E-state index is 11.5. The Morgan fingerprint density at radius 2 is 2.06 bits per heavy atom. The van der Waals surface area contributed by atoms with Crippen molar-refractivity contribution >= 4 is 27.9 Å². The summed E-state index contributed by atoms with van der Waals surface area (Å²) in [5.41, 5.74) is 7.49. The van der Waals surface area contributed by atoms with E-state index >= 15 is 0 Å². The van der Waals surface area contributed by atoms with Crippen molar-refractivity contribution in [1.29, 1.82) is 0 Å². The average molecular weight is 261 g/mol. The molecule has 0 aliphatic rings. The third kappa shape index (κ3) is 2.81. The van der Waals surface area contributed by atoms with Gasteiger partial charge >= 0.3 is 0 Å². The highest BCUT2D eigenvalue weighted by molar-refractivity contribution is 7.18. The summed E-state index contributed by atoms with van der Waals surface area (Å²) < 4.78 is 0. The lowest BCUT2D eigenvalue weighted by atomic mass is 10.2. The molecule has 18 heavy (non-hydrogen) atoms. The number of carbonyl (C=O) groups excluding carboxylic acids is 1. The highest BCUT2D eigenvalue weighted by atomic mass is 32.1. The molecule has 1 heterocycles. The summed E-state index contributed by atoms with van der Waals surface area (Å²) in [6.45, 7) is 0.716. The van der Waals surface area contributed by atoms with Gasteiger partial charge < -0.3 is 16.4 Å². The fourth-order valence-electron chi connectivity index (χ4n) is 1.57. The molecule has 1 aromatic heterocycles. The third-order valence-corrected chi connectivity index (χ3v) is 3.61. The van der Waals surface area contributed by atoms with E-state index in [1.165, 1.54) is 16.9 Å². The Morgan fingerprint density at radius 1 is 1.33 bits per heavy atom. The van der Waals surface area contributed by atoms with Gasteiger partial charge in [-0.1, -0.05) is 30.3 Å². The van der Waals surface area contributed by atoms with E-state index in [4.69, 9.17) is 5.73 Å². The highest BCUT2D eigenvalue weighted by Gasteiger charge is 2.12. The van der Waals surface area contributed by atoms with Crippen LogP contribution in [0.3, 0.4) is 0 Å². The largest absolute Gasteiger partial charge is 0.397 e. The maximum Gasteiger partial charge on any atom is 0.263 e. The Hall–Kier alpha value is -2.01. The Labute approximate surface area is 110 Å². The lowest BCUT2D eigenvalue weighted by molar-refractivity contribution is 0.0968. The topological polar surface area (TPSA) is 67.2 Å². The van der Waals surface area contributed by atoms with Crippen LogP contribution in [-0.4, -0.2) is 13.0 Å². The predicted molar refractivity (Wildman–Crippen MR) is 75.9 cm³/mol. The third-order valence-electron chi connectivity index (χ3n) is 2.50. The number of hydrogen-bond donors (Lipinski definition) is 3. The molecule has 0 aliphatic heterocycles. The van der Waals surface area contributed by atoms with Crippen molar-refractivity contribution in [2.24, 2.45) is 0 Å². The van der Waals surface area contributed by atoms with E-state index in [1.54, 1.807) is 13.1 Å². The molecule has 0 saturated carbocycles. The Morgan fingerprint density at radius 3 is 2.72 bits per heavy atom. The summed E-state index contributed by atoms with van der Waals surface area (Å²) >= 11 is 1.36. The van der Waals surface area contributed by atoms with Crippen molar-refractivity contribution in [3.63, 3.8) is 0 Å². The number of amides is 1. The number of anilines is 2. The zero-order chi connectivity index (χ0) is 13.0. The standard InChI is InChI=1S/C13H15N3OS/c1-15-13(17)12-10(14)7-11(18-12)16-8-9-5-3-2-4-6-9/h2-7,16H,8,14H2,1H3,(H,15,17). The van der Waals surface area contributed by atoms with Gasteiger partial charge in [-0.05, 0) is 11.6 Å². The van der Waals surface area contributed by atoms with Gasteiger partial charge in [0.15, 0.2) is 0 Å². The second kappa shape index (κ2) is 5.55. The van der Waals surface area contributed by atoms with Gasteiger partial charge in [-0.3, -0.25) is 4.79 Å². The molecule has 5 heteroatoms. The number of carbonyl (C=O) groups is 1. The van der Waals surface area contributed by atoms with E-state index < -0.39 is 0 Å². The minimum Gasteiger partial charge on any atom is -0.397 e. The predicted octanol–water partition coefficient (Wildman–Crippen LogP) is 2.30. The first-order valence-electron chi connectivity index (χ1n) is 5.60. The van der Waals surface area contributed by atoms with Gasteiger partial charge in [-0.25, -0.2) is 0 Å².